The minimum Gasteiger partial charge on any atom is -0.378 e. The molecular weight excluding hydrogens is 210 g/mol. The first kappa shape index (κ1) is 13.4. The summed E-state index contributed by atoms with van der Waals surface area (Å²) in [5.41, 5.74) is 0. The molecule has 100 valence electrons. The Hall–Kier alpha value is -0.0800. The highest BCUT2D eigenvalue weighted by molar-refractivity contribution is 4.77. The van der Waals surface area contributed by atoms with Crippen LogP contribution in [-0.4, -0.2) is 25.3 Å². The SMILES string of the molecule is CCNC1CCC(OCC2CCCCC2)CC1. The lowest BCUT2D eigenvalue weighted by Gasteiger charge is -2.31. The van der Waals surface area contributed by atoms with Crippen molar-refractivity contribution in [3.05, 3.63) is 0 Å². The number of rotatable bonds is 5. The van der Waals surface area contributed by atoms with Crippen LogP contribution >= 0.6 is 0 Å². The zero-order valence-electron chi connectivity index (χ0n) is 11.4. The maximum absolute atomic E-state index is 6.12. The van der Waals surface area contributed by atoms with Crippen LogP contribution in [0.3, 0.4) is 0 Å². The summed E-state index contributed by atoms with van der Waals surface area (Å²) < 4.78 is 6.12. The summed E-state index contributed by atoms with van der Waals surface area (Å²) in [6, 6.07) is 0.759. The van der Waals surface area contributed by atoms with E-state index in [0.29, 0.717) is 6.10 Å². The number of hydrogen-bond donors (Lipinski definition) is 1. The van der Waals surface area contributed by atoms with Crippen molar-refractivity contribution in [1.29, 1.82) is 0 Å². The standard InChI is InChI=1S/C15H29NO/c1-2-16-14-8-10-15(11-9-14)17-12-13-6-4-3-5-7-13/h13-16H,2-12H2,1H3. The summed E-state index contributed by atoms with van der Waals surface area (Å²) >= 11 is 0. The van der Waals surface area contributed by atoms with Gasteiger partial charge in [0.1, 0.15) is 0 Å². The monoisotopic (exact) mass is 239 g/mol. The first-order valence-electron chi connectivity index (χ1n) is 7.73. The molecule has 2 fully saturated rings. The molecule has 0 aromatic rings. The van der Waals surface area contributed by atoms with Crippen LogP contribution in [0.2, 0.25) is 0 Å². The van der Waals surface area contributed by atoms with E-state index in [1.165, 1.54) is 57.8 Å². The van der Waals surface area contributed by atoms with Crippen molar-refractivity contribution in [2.24, 2.45) is 5.92 Å². The Balaban J connectivity index is 1.57. The van der Waals surface area contributed by atoms with Crippen molar-refractivity contribution >= 4 is 0 Å². The van der Waals surface area contributed by atoms with Crippen LogP contribution in [0.5, 0.6) is 0 Å². The molecule has 2 heteroatoms. The molecule has 2 aliphatic rings. The first-order chi connectivity index (χ1) is 8.38. The second-order valence-corrected chi connectivity index (χ2v) is 5.87. The Kier molecular flexibility index (Phi) is 5.79. The van der Waals surface area contributed by atoms with E-state index in [1.54, 1.807) is 0 Å². The van der Waals surface area contributed by atoms with Crippen molar-refractivity contribution in [3.63, 3.8) is 0 Å². The lowest BCUT2D eigenvalue weighted by atomic mass is 9.89. The molecular formula is C15H29NO. The number of ether oxygens (including phenoxy) is 1. The zero-order chi connectivity index (χ0) is 11.9. The van der Waals surface area contributed by atoms with E-state index >= 15 is 0 Å². The van der Waals surface area contributed by atoms with Gasteiger partial charge >= 0.3 is 0 Å². The van der Waals surface area contributed by atoms with Crippen molar-refractivity contribution < 1.29 is 4.74 Å². The summed E-state index contributed by atoms with van der Waals surface area (Å²) in [6.45, 7) is 4.35. The van der Waals surface area contributed by atoms with Gasteiger partial charge in [-0.25, -0.2) is 0 Å². The molecule has 1 N–H and O–H groups in total. The molecule has 0 radical (unpaired) electrons. The van der Waals surface area contributed by atoms with Gasteiger partial charge in [0.2, 0.25) is 0 Å². The fourth-order valence-electron chi connectivity index (χ4n) is 3.35. The van der Waals surface area contributed by atoms with Crippen LogP contribution < -0.4 is 5.32 Å². The van der Waals surface area contributed by atoms with Crippen LogP contribution in [0.1, 0.15) is 64.7 Å². The predicted octanol–water partition coefficient (Wildman–Crippen LogP) is 3.50. The topological polar surface area (TPSA) is 21.3 Å². The highest BCUT2D eigenvalue weighted by atomic mass is 16.5. The molecule has 0 aromatic carbocycles. The quantitative estimate of drug-likeness (QED) is 0.793. The van der Waals surface area contributed by atoms with Gasteiger partial charge in [-0.3, -0.25) is 0 Å². The van der Waals surface area contributed by atoms with Crippen LogP contribution in [-0.2, 0) is 4.74 Å². The van der Waals surface area contributed by atoms with Gasteiger partial charge in [-0.1, -0.05) is 26.2 Å². The summed E-state index contributed by atoms with van der Waals surface area (Å²) in [4.78, 5) is 0. The Morgan fingerprint density at radius 2 is 1.65 bits per heavy atom. The van der Waals surface area contributed by atoms with Crippen LogP contribution in [0.4, 0.5) is 0 Å². The molecule has 0 unspecified atom stereocenters. The molecule has 0 amide bonds. The summed E-state index contributed by atoms with van der Waals surface area (Å²) in [7, 11) is 0. The third-order valence-electron chi connectivity index (χ3n) is 4.46. The van der Waals surface area contributed by atoms with E-state index in [9.17, 15) is 0 Å². The second kappa shape index (κ2) is 7.38. The second-order valence-electron chi connectivity index (χ2n) is 5.87. The summed E-state index contributed by atoms with van der Waals surface area (Å²) in [6.07, 6.45) is 12.8. The summed E-state index contributed by atoms with van der Waals surface area (Å²) in [5, 5.41) is 3.55. The largest absolute Gasteiger partial charge is 0.378 e. The Morgan fingerprint density at radius 1 is 0.941 bits per heavy atom. The highest BCUT2D eigenvalue weighted by Gasteiger charge is 2.22. The van der Waals surface area contributed by atoms with E-state index < -0.39 is 0 Å². The Bertz CT molecular complexity index is 193. The van der Waals surface area contributed by atoms with Gasteiger partial charge in [-0.2, -0.15) is 0 Å². The number of nitrogens with one attached hydrogen (secondary N) is 1. The molecule has 0 atom stereocenters. The molecule has 2 aliphatic carbocycles. The molecule has 0 heterocycles. The van der Waals surface area contributed by atoms with Gasteiger partial charge in [-0.05, 0) is 51.0 Å². The van der Waals surface area contributed by atoms with E-state index in [1.807, 2.05) is 0 Å². The van der Waals surface area contributed by atoms with E-state index in [2.05, 4.69) is 12.2 Å². The first-order valence-corrected chi connectivity index (χ1v) is 7.73. The molecule has 2 rings (SSSR count). The highest BCUT2D eigenvalue weighted by Crippen LogP contribution is 2.26. The van der Waals surface area contributed by atoms with Crippen molar-refractivity contribution in [2.45, 2.75) is 76.9 Å². The number of hydrogen-bond acceptors (Lipinski definition) is 2. The molecule has 0 bridgehead atoms. The Morgan fingerprint density at radius 3 is 2.29 bits per heavy atom. The van der Waals surface area contributed by atoms with E-state index in [4.69, 9.17) is 4.74 Å². The smallest absolute Gasteiger partial charge is 0.0576 e. The van der Waals surface area contributed by atoms with Gasteiger partial charge in [0.05, 0.1) is 6.10 Å². The molecule has 0 aromatic heterocycles. The fraction of sp³-hybridized carbons (Fsp3) is 1.00. The maximum Gasteiger partial charge on any atom is 0.0576 e. The minimum absolute atomic E-state index is 0.562. The average Bonchev–Trinajstić information content (AvgIpc) is 2.40. The van der Waals surface area contributed by atoms with Gasteiger partial charge in [0.15, 0.2) is 0 Å². The third kappa shape index (κ3) is 4.59. The molecule has 2 nitrogen and oxygen atoms in total. The Labute approximate surface area is 107 Å². The average molecular weight is 239 g/mol. The van der Waals surface area contributed by atoms with Crippen LogP contribution in [0, 0.1) is 5.92 Å². The normalized spacial score (nSPS) is 31.6. The summed E-state index contributed by atoms with van der Waals surface area (Å²) in [5.74, 6) is 0.871. The van der Waals surface area contributed by atoms with Crippen LogP contribution in [0.25, 0.3) is 0 Å². The minimum atomic E-state index is 0.562. The zero-order valence-corrected chi connectivity index (χ0v) is 11.4. The third-order valence-corrected chi connectivity index (χ3v) is 4.46. The van der Waals surface area contributed by atoms with Gasteiger partial charge in [0.25, 0.3) is 0 Å². The van der Waals surface area contributed by atoms with Crippen molar-refractivity contribution in [3.8, 4) is 0 Å². The predicted molar refractivity (Wildman–Crippen MR) is 72.2 cm³/mol. The molecule has 17 heavy (non-hydrogen) atoms. The maximum atomic E-state index is 6.12. The lowest BCUT2D eigenvalue weighted by Crippen LogP contribution is -2.35. The molecule has 0 aliphatic heterocycles. The van der Waals surface area contributed by atoms with Crippen molar-refractivity contribution in [2.75, 3.05) is 13.2 Å². The fourth-order valence-corrected chi connectivity index (χ4v) is 3.35. The lowest BCUT2D eigenvalue weighted by molar-refractivity contribution is -0.00318. The molecule has 0 spiro atoms. The van der Waals surface area contributed by atoms with Gasteiger partial charge in [-0.15, -0.1) is 0 Å². The van der Waals surface area contributed by atoms with E-state index in [0.717, 1.165) is 25.1 Å². The molecule has 2 saturated carbocycles. The van der Waals surface area contributed by atoms with Crippen molar-refractivity contribution in [1.82, 2.24) is 5.32 Å². The van der Waals surface area contributed by atoms with Gasteiger partial charge in [0, 0.05) is 12.6 Å². The van der Waals surface area contributed by atoms with E-state index in [-0.39, 0.29) is 0 Å². The van der Waals surface area contributed by atoms with Crippen LogP contribution in [0.15, 0.2) is 0 Å². The molecule has 0 saturated heterocycles. The van der Waals surface area contributed by atoms with Gasteiger partial charge < -0.3 is 10.1 Å².